The van der Waals surface area contributed by atoms with E-state index in [1.165, 1.54) is 0 Å². The zero-order valence-corrected chi connectivity index (χ0v) is 18.4. The van der Waals surface area contributed by atoms with Crippen LogP contribution in [0.2, 0.25) is 0 Å². The molecule has 0 saturated carbocycles. The highest BCUT2D eigenvalue weighted by Crippen LogP contribution is 2.28. The molecule has 1 aliphatic heterocycles. The minimum atomic E-state index is -3.55. The van der Waals surface area contributed by atoms with Crippen molar-refractivity contribution in [1.29, 1.82) is 0 Å². The lowest BCUT2D eigenvalue weighted by molar-refractivity contribution is -0.133. The van der Waals surface area contributed by atoms with Crippen LogP contribution in [0.25, 0.3) is 10.9 Å². The Bertz CT molecular complexity index is 1160. The van der Waals surface area contributed by atoms with Crippen LogP contribution in [-0.2, 0) is 26.9 Å². The van der Waals surface area contributed by atoms with Crippen LogP contribution in [0.4, 0.5) is 0 Å². The number of carbonyl (C=O) groups excluding carboxylic acids is 1. The largest absolute Gasteiger partial charge is 0.341 e. The third kappa shape index (κ3) is 4.29. The van der Waals surface area contributed by atoms with Gasteiger partial charge in [0.1, 0.15) is 6.54 Å². The van der Waals surface area contributed by atoms with E-state index in [-0.39, 0.29) is 18.2 Å². The highest BCUT2D eigenvalue weighted by atomic mass is 32.2. The van der Waals surface area contributed by atoms with Crippen molar-refractivity contribution >= 4 is 26.6 Å². The summed E-state index contributed by atoms with van der Waals surface area (Å²) in [5.74, 6) is 0.498. The SMILES string of the molecule is Cc1ccc(CS(=O)(=O)c2cn(CC(=O)N3CCCC(C)C3)c3ccccc23)cc1. The second-order valence-corrected chi connectivity index (χ2v) is 10.4. The van der Waals surface area contributed by atoms with E-state index >= 15 is 0 Å². The molecule has 158 valence electrons. The summed E-state index contributed by atoms with van der Waals surface area (Å²) in [5.41, 5.74) is 2.63. The quantitative estimate of drug-likeness (QED) is 0.617. The number of benzene rings is 2. The van der Waals surface area contributed by atoms with Crippen LogP contribution in [0.15, 0.2) is 59.6 Å². The summed E-state index contributed by atoms with van der Waals surface area (Å²) in [6, 6.07) is 15.0. The first-order valence-corrected chi connectivity index (χ1v) is 12.1. The number of para-hydroxylation sites is 1. The Balaban J connectivity index is 1.65. The minimum Gasteiger partial charge on any atom is -0.341 e. The van der Waals surface area contributed by atoms with Gasteiger partial charge in [-0.05, 0) is 37.3 Å². The lowest BCUT2D eigenvalue weighted by atomic mass is 10.0. The molecule has 0 bridgehead atoms. The summed E-state index contributed by atoms with van der Waals surface area (Å²) < 4.78 is 28.3. The van der Waals surface area contributed by atoms with Gasteiger partial charge in [0.15, 0.2) is 9.84 Å². The smallest absolute Gasteiger partial charge is 0.242 e. The molecule has 1 atom stereocenters. The molecule has 0 aliphatic carbocycles. The lowest BCUT2D eigenvalue weighted by Gasteiger charge is -2.31. The van der Waals surface area contributed by atoms with Crippen LogP contribution in [0.3, 0.4) is 0 Å². The third-order valence-electron chi connectivity index (χ3n) is 5.88. The number of likely N-dealkylation sites (tertiary alicyclic amines) is 1. The Morgan fingerprint density at radius 2 is 1.83 bits per heavy atom. The Kier molecular flexibility index (Phi) is 5.69. The topological polar surface area (TPSA) is 59.4 Å². The van der Waals surface area contributed by atoms with Gasteiger partial charge in [0, 0.05) is 30.2 Å². The maximum absolute atomic E-state index is 13.2. The standard InChI is InChI=1S/C24H28N2O3S/c1-18-9-11-20(12-10-18)17-30(28,29)23-15-26(22-8-4-3-7-21(22)23)16-24(27)25-13-5-6-19(2)14-25/h3-4,7-12,15,19H,5-6,13-14,16-17H2,1-2H3. The minimum absolute atomic E-state index is 0.0461. The number of nitrogens with zero attached hydrogens (tertiary/aromatic N) is 2. The molecule has 0 spiro atoms. The van der Waals surface area contributed by atoms with E-state index in [0.29, 0.717) is 16.2 Å². The average molecular weight is 425 g/mol. The number of rotatable bonds is 5. The van der Waals surface area contributed by atoms with Crippen LogP contribution in [-0.4, -0.2) is 36.9 Å². The number of hydrogen-bond acceptors (Lipinski definition) is 3. The molecule has 6 heteroatoms. The van der Waals surface area contributed by atoms with Gasteiger partial charge in [-0.25, -0.2) is 8.42 Å². The first-order valence-electron chi connectivity index (χ1n) is 10.5. The fourth-order valence-electron chi connectivity index (χ4n) is 4.23. The second-order valence-electron chi connectivity index (χ2n) is 8.47. The molecule has 2 aromatic carbocycles. The monoisotopic (exact) mass is 424 g/mol. The molecule has 5 nitrogen and oxygen atoms in total. The Morgan fingerprint density at radius 3 is 2.57 bits per heavy atom. The summed E-state index contributed by atoms with van der Waals surface area (Å²) in [6.07, 6.45) is 3.81. The molecular weight excluding hydrogens is 396 g/mol. The van der Waals surface area contributed by atoms with Crippen molar-refractivity contribution in [2.45, 2.75) is 43.9 Å². The van der Waals surface area contributed by atoms with E-state index < -0.39 is 9.84 Å². The molecular formula is C24H28N2O3S. The number of fused-ring (bicyclic) bond motifs is 1. The van der Waals surface area contributed by atoms with Crippen molar-refractivity contribution in [2.24, 2.45) is 5.92 Å². The van der Waals surface area contributed by atoms with Crippen molar-refractivity contribution < 1.29 is 13.2 Å². The molecule has 1 saturated heterocycles. The molecule has 1 aromatic heterocycles. The van der Waals surface area contributed by atoms with Gasteiger partial charge in [0.05, 0.1) is 10.6 Å². The number of sulfone groups is 1. The molecule has 30 heavy (non-hydrogen) atoms. The predicted molar refractivity (Wildman–Crippen MR) is 119 cm³/mol. The number of amides is 1. The fourth-order valence-corrected chi connectivity index (χ4v) is 5.82. The van der Waals surface area contributed by atoms with E-state index in [1.807, 2.05) is 60.4 Å². The average Bonchev–Trinajstić information content (AvgIpc) is 3.09. The first kappa shape index (κ1) is 20.7. The van der Waals surface area contributed by atoms with E-state index in [2.05, 4.69) is 6.92 Å². The fraction of sp³-hybridized carbons (Fsp3) is 0.375. The van der Waals surface area contributed by atoms with Gasteiger partial charge in [-0.3, -0.25) is 4.79 Å². The third-order valence-corrected chi connectivity index (χ3v) is 7.59. The molecule has 2 heterocycles. The Hall–Kier alpha value is -2.60. The van der Waals surface area contributed by atoms with Gasteiger partial charge in [0.2, 0.25) is 5.91 Å². The number of aromatic nitrogens is 1. The van der Waals surface area contributed by atoms with E-state index in [1.54, 1.807) is 10.8 Å². The Morgan fingerprint density at radius 1 is 1.10 bits per heavy atom. The van der Waals surface area contributed by atoms with E-state index in [0.717, 1.165) is 42.6 Å². The molecule has 1 fully saturated rings. The number of carbonyl (C=O) groups is 1. The van der Waals surface area contributed by atoms with Crippen LogP contribution in [0, 0.1) is 12.8 Å². The summed E-state index contributed by atoms with van der Waals surface area (Å²) in [4.78, 5) is 15.1. The van der Waals surface area contributed by atoms with E-state index in [4.69, 9.17) is 0 Å². The van der Waals surface area contributed by atoms with Crippen molar-refractivity contribution in [1.82, 2.24) is 9.47 Å². The van der Waals surface area contributed by atoms with Crippen LogP contribution in [0.1, 0.15) is 30.9 Å². The van der Waals surface area contributed by atoms with Crippen molar-refractivity contribution in [3.8, 4) is 0 Å². The normalized spacial score (nSPS) is 17.4. The summed E-state index contributed by atoms with van der Waals surface area (Å²) in [6.45, 7) is 5.86. The van der Waals surface area contributed by atoms with E-state index in [9.17, 15) is 13.2 Å². The zero-order valence-electron chi connectivity index (χ0n) is 17.5. The molecule has 3 aromatic rings. The van der Waals surface area contributed by atoms with Gasteiger partial charge >= 0.3 is 0 Å². The number of aryl methyl sites for hydroxylation is 1. The van der Waals surface area contributed by atoms with Crippen LogP contribution in [0.5, 0.6) is 0 Å². The van der Waals surface area contributed by atoms with Gasteiger partial charge in [0.25, 0.3) is 0 Å². The van der Waals surface area contributed by atoms with Gasteiger partial charge in [-0.1, -0.05) is 55.0 Å². The lowest BCUT2D eigenvalue weighted by Crippen LogP contribution is -2.40. The molecule has 1 unspecified atom stereocenters. The van der Waals surface area contributed by atoms with Gasteiger partial charge in [-0.15, -0.1) is 0 Å². The molecule has 1 aliphatic rings. The van der Waals surface area contributed by atoms with Crippen molar-refractivity contribution in [3.05, 3.63) is 65.9 Å². The number of hydrogen-bond donors (Lipinski definition) is 0. The second kappa shape index (κ2) is 8.26. The maximum atomic E-state index is 13.2. The Labute approximate surface area is 178 Å². The molecule has 0 N–H and O–H groups in total. The predicted octanol–water partition coefficient (Wildman–Crippen LogP) is 4.18. The highest BCUT2D eigenvalue weighted by molar-refractivity contribution is 7.90. The van der Waals surface area contributed by atoms with Crippen LogP contribution < -0.4 is 0 Å². The first-order chi connectivity index (χ1) is 14.3. The van der Waals surface area contributed by atoms with Crippen LogP contribution >= 0.6 is 0 Å². The maximum Gasteiger partial charge on any atom is 0.242 e. The highest BCUT2D eigenvalue weighted by Gasteiger charge is 2.25. The van der Waals surface area contributed by atoms with Crippen molar-refractivity contribution in [2.75, 3.05) is 13.1 Å². The summed E-state index contributed by atoms with van der Waals surface area (Å²) in [5, 5.41) is 0.671. The molecule has 0 radical (unpaired) electrons. The molecule has 1 amide bonds. The zero-order chi connectivity index (χ0) is 21.3. The van der Waals surface area contributed by atoms with Crippen molar-refractivity contribution in [3.63, 3.8) is 0 Å². The van der Waals surface area contributed by atoms with Gasteiger partial charge in [-0.2, -0.15) is 0 Å². The molecule has 4 rings (SSSR count). The number of piperidine rings is 1. The summed E-state index contributed by atoms with van der Waals surface area (Å²) >= 11 is 0. The summed E-state index contributed by atoms with van der Waals surface area (Å²) in [7, 11) is -3.55. The van der Waals surface area contributed by atoms with Gasteiger partial charge < -0.3 is 9.47 Å².